The molecule has 0 spiro atoms. The molecule has 6 heteroatoms. The Kier molecular flexibility index (Phi) is 5.60. The molecule has 2 aromatic carbocycles. The summed E-state index contributed by atoms with van der Waals surface area (Å²) in [7, 11) is -2.01. The summed E-state index contributed by atoms with van der Waals surface area (Å²) in [4.78, 5) is 0.222. The number of benzene rings is 2. The van der Waals surface area contributed by atoms with Gasteiger partial charge < -0.3 is 9.47 Å². The SMILES string of the molecule is COCCOc1ccc(S(=O)(=O)Nc2cccc3c2CCCC3)cc1. The molecule has 25 heavy (non-hydrogen) atoms. The molecular formula is C19H23NO4S. The summed E-state index contributed by atoms with van der Waals surface area (Å²) in [6, 6.07) is 12.3. The van der Waals surface area contributed by atoms with E-state index in [2.05, 4.69) is 10.8 Å². The number of nitrogens with one attached hydrogen (secondary N) is 1. The van der Waals surface area contributed by atoms with Crippen LogP contribution in [0.1, 0.15) is 24.0 Å². The lowest BCUT2D eigenvalue weighted by molar-refractivity contribution is 0.146. The highest BCUT2D eigenvalue weighted by molar-refractivity contribution is 7.92. The number of rotatable bonds is 7. The van der Waals surface area contributed by atoms with Gasteiger partial charge in [-0.1, -0.05) is 12.1 Å². The summed E-state index contributed by atoms with van der Waals surface area (Å²) in [6.07, 6.45) is 4.19. The molecule has 3 rings (SSSR count). The number of ether oxygens (including phenoxy) is 2. The van der Waals surface area contributed by atoms with Gasteiger partial charge in [0.05, 0.1) is 17.2 Å². The van der Waals surface area contributed by atoms with Crippen molar-refractivity contribution in [2.45, 2.75) is 30.6 Å². The van der Waals surface area contributed by atoms with Gasteiger partial charge in [-0.2, -0.15) is 0 Å². The maximum Gasteiger partial charge on any atom is 0.261 e. The zero-order valence-corrected chi connectivity index (χ0v) is 15.1. The predicted molar refractivity (Wildman–Crippen MR) is 97.7 cm³/mol. The minimum absolute atomic E-state index is 0.222. The third kappa shape index (κ3) is 4.32. The van der Waals surface area contributed by atoms with Gasteiger partial charge in [-0.3, -0.25) is 4.72 Å². The van der Waals surface area contributed by atoms with Crippen molar-refractivity contribution in [3.05, 3.63) is 53.6 Å². The minimum atomic E-state index is -3.62. The average Bonchev–Trinajstić information content (AvgIpc) is 2.62. The molecule has 0 fully saturated rings. The lowest BCUT2D eigenvalue weighted by atomic mass is 9.91. The van der Waals surface area contributed by atoms with E-state index in [0.717, 1.165) is 31.2 Å². The highest BCUT2D eigenvalue weighted by atomic mass is 32.2. The lowest BCUT2D eigenvalue weighted by Gasteiger charge is -2.20. The third-order valence-corrected chi connectivity index (χ3v) is 5.71. The van der Waals surface area contributed by atoms with E-state index < -0.39 is 10.0 Å². The van der Waals surface area contributed by atoms with Crippen LogP contribution in [0.15, 0.2) is 47.4 Å². The van der Waals surface area contributed by atoms with Crippen LogP contribution in [0.2, 0.25) is 0 Å². The fraction of sp³-hybridized carbons (Fsp3) is 0.368. The van der Waals surface area contributed by atoms with Gasteiger partial charge in [0, 0.05) is 7.11 Å². The van der Waals surface area contributed by atoms with Crippen molar-refractivity contribution in [1.29, 1.82) is 0 Å². The normalized spacial score (nSPS) is 14.0. The molecule has 0 atom stereocenters. The molecule has 0 unspecified atom stereocenters. The lowest BCUT2D eigenvalue weighted by Crippen LogP contribution is -2.16. The molecule has 0 heterocycles. The van der Waals surface area contributed by atoms with Crippen LogP contribution < -0.4 is 9.46 Å². The molecule has 2 aromatic rings. The quantitative estimate of drug-likeness (QED) is 0.768. The van der Waals surface area contributed by atoms with Gasteiger partial charge in [0.2, 0.25) is 0 Å². The Balaban J connectivity index is 1.76. The molecule has 1 aliphatic rings. The molecule has 0 bridgehead atoms. The van der Waals surface area contributed by atoms with Gasteiger partial charge in [0.1, 0.15) is 12.4 Å². The van der Waals surface area contributed by atoms with Crippen LogP contribution in [0.25, 0.3) is 0 Å². The van der Waals surface area contributed by atoms with Crippen molar-refractivity contribution in [3.8, 4) is 5.75 Å². The molecular weight excluding hydrogens is 338 g/mol. The van der Waals surface area contributed by atoms with E-state index >= 15 is 0 Å². The number of hydrogen-bond donors (Lipinski definition) is 1. The average molecular weight is 361 g/mol. The number of methoxy groups -OCH3 is 1. The van der Waals surface area contributed by atoms with E-state index in [1.165, 1.54) is 5.56 Å². The number of sulfonamides is 1. The first-order valence-corrected chi connectivity index (χ1v) is 9.94. The zero-order chi connectivity index (χ0) is 17.7. The Morgan fingerprint density at radius 3 is 2.52 bits per heavy atom. The highest BCUT2D eigenvalue weighted by Gasteiger charge is 2.19. The van der Waals surface area contributed by atoms with E-state index in [4.69, 9.17) is 9.47 Å². The number of aryl methyl sites for hydroxylation is 1. The summed E-state index contributed by atoms with van der Waals surface area (Å²) in [5, 5.41) is 0. The van der Waals surface area contributed by atoms with Crippen LogP contribution in [0.4, 0.5) is 5.69 Å². The fourth-order valence-electron chi connectivity index (χ4n) is 3.04. The monoisotopic (exact) mass is 361 g/mol. The van der Waals surface area contributed by atoms with Crippen molar-refractivity contribution < 1.29 is 17.9 Å². The smallest absolute Gasteiger partial charge is 0.261 e. The van der Waals surface area contributed by atoms with Gasteiger partial charge in [0.15, 0.2) is 0 Å². The first-order chi connectivity index (χ1) is 12.1. The van der Waals surface area contributed by atoms with Crippen molar-refractivity contribution in [1.82, 2.24) is 0 Å². The highest BCUT2D eigenvalue weighted by Crippen LogP contribution is 2.29. The summed E-state index contributed by atoms with van der Waals surface area (Å²) in [5.74, 6) is 0.619. The van der Waals surface area contributed by atoms with Gasteiger partial charge in [-0.05, 0) is 67.1 Å². The standard InChI is InChI=1S/C19H23NO4S/c1-23-13-14-24-16-9-11-17(12-10-16)25(21,22)20-19-8-4-6-15-5-2-3-7-18(15)19/h4,6,8-12,20H,2-3,5,7,13-14H2,1H3. The van der Waals surface area contributed by atoms with Gasteiger partial charge in [-0.25, -0.2) is 8.42 Å². The molecule has 1 aliphatic carbocycles. The zero-order valence-electron chi connectivity index (χ0n) is 14.3. The summed E-state index contributed by atoms with van der Waals surface area (Å²) < 4.78 is 38.5. The van der Waals surface area contributed by atoms with Crippen LogP contribution in [-0.2, 0) is 27.6 Å². The summed E-state index contributed by atoms with van der Waals surface area (Å²) in [5.41, 5.74) is 3.06. The fourth-order valence-corrected chi connectivity index (χ4v) is 4.13. The molecule has 0 aromatic heterocycles. The maximum atomic E-state index is 12.7. The van der Waals surface area contributed by atoms with E-state index in [9.17, 15) is 8.42 Å². The predicted octanol–water partition coefficient (Wildman–Crippen LogP) is 3.39. The van der Waals surface area contributed by atoms with Crippen LogP contribution in [0.5, 0.6) is 5.75 Å². The van der Waals surface area contributed by atoms with Gasteiger partial charge in [0.25, 0.3) is 10.0 Å². The summed E-state index contributed by atoms with van der Waals surface area (Å²) >= 11 is 0. The van der Waals surface area contributed by atoms with E-state index in [1.807, 2.05) is 12.1 Å². The Bertz CT molecular complexity index is 816. The van der Waals surface area contributed by atoms with Crippen molar-refractivity contribution >= 4 is 15.7 Å². The molecule has 5 nitrogen and oxygen atoms in total. The second-order valence-electron chi connectivity index (χ2n) is 6.07. The van der Waals surface area contributed by atoms with Crippen molar-refractivity contribution in [3.63, 3.8) is 0 Å². The van der Waals surface area contributed by atoms with Crippen molar-refractivity contribution in [2.24, 2.45) is 0 Å². The van der Waals surface area contributed by atoms with E-state index in [-0.39, 0.29) is 4.90 Å². The number of anilines is 1. The van der Waals surface area contributed by atoms with Crippen LogP contribution >= 0.6 is 0 Å². The van der Waals surface area contributed by atoms with Crippen LogP contribution in [0, 0.1) is 0 Å². The second-order valence-corrected chi connectivity index (χ2v) is 7.75. The first kappa shape index (κ1) is 17.8. The van der Waals surface area contributed by atoms with Crippen LogP contribution in [0.3, 0.4) is 0 Å². The Morgan fingerprint density at radius 1 is 1.00 bits per heavy atom. The van der Waals surface area contributed by atoms with Gasteiger partial charge >= 0.3 is 0 Å². The topological polar surface area (TPSA) is 64.6 Å². The van der Waals surface area contributed by atoms with E-state index in [1.54, 1.807) is 31.4 Å². The Morgan fingerprint density at radius 2 is 1.76 bits per heavy atom. The minimum Gasteiger partial charge on any atom is -0.491 e. The second kappa shape index (κ2) is 7.89. The van der Waals surface area contributed by atoms with Crippen LogP contribution in [-0.4, -0.2) is 28.7 Å². The van der Waals surface area contributed by atoms with E-state index in [0.29, 0.717) is 24.7 Å². The molecule has 0 aliphatic heterocycles. The third-order valence-electron chi connectivity index (χ3n) is 4.33. The molecule has 0 saturated heterocycles. The van der Waals surface area contributed by atoms with Crippen molar-refractivity contribution in [2.75, 3.05) is 25.0 Å². The van der Waals surface area contributed by atoms with Gasteiger partial charge in [-0.15, -0.1) is 0 Å². The molecule has 0 saturated carbocycles. The maximum absolute atomic E-state index is 12.7. The Labute approximate surface area is 149 Å². The first-order valence-electron chi connectivity index (χ1n) is 8.45. The Hall–Kier alpha value is -2.05. The molecule has 1 N–H and O–H groups in total. The molecule has 0 radical (unpaired) electrons. The molecule has 134 valence electrons. The number of fused-ring (bicyclic) bond motifs is 1. The summed E-state index contributed by atoms with van der Waals surface area (Å²) in [6.45, 7) is 0.914. The largest absolute Gasteiger partial charge is 0.491 e. The number of hydrogen-bond acceptors (Lipinski definition) is 4. The molecule has 0 amide bonds.